The van der Waals surface area contributed by atoms with Crippen LogP contribution < -0.4 is 5.32 Å². The van der Waals surface area contributed by atoms with Crippen LogP contribution in [0.2, 0.25) is 0 Å². The molecule has 0 spiro atoms. The van der Waals surface area contributed by atoms with Crippen molar-refractivity contribution in [3.63, 3.8) is 0 Å². The molecule has 0 saturated heterocycles. The molecule has 2 unspecified atom stereocenters. The van der Waals surface area contributed by atoms with Crippen LogP contribution in [0.25, 0.3) is 0 Å². The van der Waals surface area contributed by atoms with Gasteiger partial charge in [-0.2, -0.15) is 0 Å². The molecular weight excluding hydrogens is 226 g/mol. The molecule has 0 aromatic rings. The minimum atomic E-state index is -0.208. The van der Waals surface area contributed by atoms with E-state index in [1.54, 1.807) is 0 Å². The average molecular weight is 257 g/mol. The van der Waals surface area contributed by atoms with E-state index in [2.05, 4.69) is 33.0 Å². The van der Waals surface area contributed by atoms with Crippen molar-refractivity contribution in [2.45, 2.75) is 65.0 Å². The van der Waals surface area contributed by atoms with Crippen molar-refractivity contribution in [1.82, 2.24) is 5.32 Å². The third-order valence-corrected chi connectivity index (χ3v) is 3.76. The van der Waals surface area contributed by atoms with Gasteiger partial charge in [0.05, 0.1) is 18.8 Å². The topological polar surface area (TPSA) is 41.5 Å². The quantitative estimate of drug-likeness (QED) is 0.632. The van der Waals surface area contributed by atoms with Gasteiger partial charge in [0.2, 0.25) is 0 Å². The highest BCUT2D eigenvalue weighted by Crippen LogP contribution is 2.40. The number of nitrogens with one attached hydrogen (secondary N) is 1. The van der Waals surface area contributed by atoms with Crippen molar-refractivity contribution >= 4 is 0 Å². The molecule has 1 aliphatic rings. The first kappa shape index (κ1) is 15.9. The second-order valence-electron chi connectivity index (χ2n) is 6.30. The van der Waals surface area contributed by atoms with Crippen molar-refractivity contribution < 1.29 is 9.84 Å². The van der Waals surface area contributed by atoms with E-state index in [4.69, 9.17) is 4.74 Å². The summed E-state index contributed by atoms with van der Waals surface area (Å²) in [6.07, 6.45) is 4.86. The van der Waals surface area contributed by atoms with Gasteiger partial charge < -0.3 is 15.2 Å². The summed E-state index contributed by atoms with van der Waals surface area (Å²) < 4.78 is 5.88. The van der Waals surface area contributed by atoms with Gasteiger partial charge in [-0.3, -0.25) is 0 Å². The van der Waals surface area contributed by atoms with Crippen LogP contribution in [0, 0.1) is 11.8 Å². The van der Waals surface area contributed by atoms with E-state index < -0.39 is 0 Å². The van der Waals surface area contributed by atoms with Crippen LogP contribution in [0.1, 0.15) is 53.4 Å². The minimum absolute atomic E-state index is 0.179. The molecule has 1 aliphatic carbocycles. The Hall–Kier alpha value is -0.120. The Kier molecular flexibility index (Phi) is 6.61. The van der Waals surface area contributed by atoms with Crippen molar-refractivity contribution in [3.05, 3.63) is 0 Å². The molecular formula is C15H31NO2. The zero-order valence-electron chi connectivity index (χ0n) is 12.5. The maximum absolute atomic E-state index is 9.76. The van der Waals surface area contributed by atoms with Gasteiger partial charge in [-0.1, -0.05) is 34.1 Å². The van der Waals surface area contributed by atoms with Gasteiger partial charge in [-0.25, -0.2) is 0 Å². The van der Waals surface area contributed by atoms with Crippen molar-refractivity contribution in [3.8, 4) is 0 Å². The third-order valence-electron chi connectivity index (χ3n) is 3.76. The Balaban J connectivity index is 2.41. The van der Waals surface area contributed by atoms with E-state index in [-0.39, 0.29) is 12.1 Å². The van der Waals surface area contributed by atoms with Crippen LogP contribution in [0.15, 0.2) is 0 Å². The lowest BCUT2D eigenvalue weighted by molar-refractivity contribution is 0.00705. The largest absolute Gasteiger partial charge is 0.394 e. The third kappa shape index (κ3) is 4.87. The second kappa shape index (κ2) is 7.46. The highest BCUT2D eigenvalue weighted by atomic mass is 16.5. The highest BCUT2D eigenvalue weighted by Gasteiger charge is 2.45. The molecule has 0 radical (unpaired) electrons. The molecule has 0 aliphatic heterocycles. The molecule has 0 bridgehead atoms. The van der Waals surface area contributed by atoms with Crippen molar-refractivity contribution in [2.24, 2.45) is 11.8 Å². The van der Waals surface area contributed by atoms with Crippen LogP contribution in [-0.4, -0.2) is 36.5 Å². The summed E-state index contributed by atoms with van der Waals surface area (Å²) in [6.45, 7) is 10.3. The Morgan fingerprint density at radius 2 is 2.00 bits per heavy atom. The predicted molar refractivity (Wildman–Crippen MR) is 75.7 cm³/mol. The number of hydrogen-bond donors (Lipinski definition) is 2. The van der Waals surface area contributed by atoms with Gasteiger partial charge in [0.25, 0.3) is 0 Å². The zero-order chi connectivity index (χ0) is 13.6. The van der Waals surface area contributed by atoms with E-state index >= 15 is 0 Å². The smallest absolute Gasteiger partial charge is 0.0681 e. The van der Waals surface area contributed by atoms with E-state index in [1.807, 2.05) is 0 Å². The van der Waals surface area contributed by atoms with Crippen LogP contribution >= 0.6 is 0 Å². The molecule has 0 aromatic heterocycles. The summed E-state index contributed by atoms with van der Waals surface area (Å²) in [4.78, 5) is 0. The standard InChI is InChI=1S/C15H31NO2/c1-5-6-13(4)9-18-11-15(10-17,14-7-8-14)16-12(2)3/h12-14,16-17H,5-11H2,1-4H3. The first-order valence-corrected chi connectivity index (χ1v) is 7.50. The van der Waals surface area contributed by atoms with Crippen molar-refractivity contribution in [2.75, 3.05) is 19.8 Å². The second-order valence-corrected chi connectivity index (χ2v) is 6.30. The highest BCUT2D eigenvalue weighted by molar-refractivity contribution is 5.01. The fourth-order valence-electron chi connectivity index (χ4n) is 2.73. The Bertz CT molecular complexity index is 229. The predicted octanol–water partition coefficient (Wildman–Crippen LogP) is 2.58. The first-order chi connectivity index (χ1) is 8.54. The summed E-state index contributed by atoms with van der Waals surface area (Å²) in [5.74, 6) is 1.20. The number of rotatable bonds is 10. The van der Waals surface area contributed by atoms with E-state index in [0.717, 1.165) is 6.61 Å². The SMILES string of the molecule is CCCC(C)COCC(CO)(NC(C)C)C1CC1. The summed E-state index contributed by atoms with van der Waals surface area (Å²) in [6, 6.07) is 0.384. The fourth-order valence-corrected chi connectivity index (χ4v) is 2.73. The first-order valence-electron chi connectivity index (χ1n) is 7.50. The van der Waals surface area contributed by atoms with Gasteiger partial charge in [0, 0.05) is 12.6 Å². The summed E-state index contributed by atoms with van der Waals surface area (Å²) in [5, 5.41) is 13.3. The molecule has 0 aromatic carbocycles. The molecule has 0 heterocycles. The molecule has 1 saturated carbocycles. The molecule has 2 atom stereocenters. The average Bonchev–Trinajstić information content (AvgIpc) is 3.11. The normalized spacial score (nSPS) is 21.0. The monoisotopic (exact) mass is 257 g/mol. The maximum Gasteiger partial charge on any atom is 0.0681 e. The Morgan fingerprint density at radius 1 is 1.33 bits per heavy atom. The lowest BCUT2D eigenvalue weighted by atomic mass is 9.94. The van der Waals surface area contributed by atoms with Crippen molar-refractivity contribution in [1.29, 1.82) is 0 Å². The summed E-state index contributed by atoms with van der Waals surface area (Å²) >= 11 is 0. The van der Waals surface area contributed by atoms with Crippen LogP contribution in [-0.2, 0) is 4.74 Å². The van der Waals surface area contributed by atoms with Crippen LogP contribution in [0.4, 0.5) is 0 Å². The van der Waals surface area contributed by atoms with E-state index in [9.17, 15) is 5.11 Å². The lowest BCUT2D eigenvalue weighted by Crippen LogP contribution is -2.56. The molecule has 18 heavy (non-hydrogen) atoms. The van der Waals surface area contributed by atoms with Gasteiger partial charge >= 0.3 is 0 Å². The van der Waals surface area contributed by atoms with Gasteiger partial charge in [-0.15, -0.1) is 0 Å². The molecule has 3 heteroatoms. The Morgan fingerprint density at radius 3 is 2.44 bits per heavy atom. The van der Waals surface area contributed by atoms with E-state index in [0.29, 0.717) is 24.5 Å². The van der Waals surface area contributed by atoms with E-state index in [1.165, 1.54) is 25.7 Å². The van der Waals surface area contributed by atoms with Crippen LogP contribution in [0.5, 0.6) is 0 Å². The number of hydrogen-bond acceptors (Lipinski definition) is 3. The number of aliphatic hydroxyl groups excluding tert-OH is 1. The van der Waals surface area contributed by atoms with Gasteiger partial charge in [0.15, 0.2) is 0 Å². The molecule has 1 fully saturated rings. The Labute approximate surface area is 112 Å². The molecule has 1 rings (SSSR count). The number of aliphatic hydroxyl groups is 1. The van der Waals surface area contributed by atoms with Gasteiger partial charge in [-0.05, 0) is 31.1 Å². The fraction of sp³-hybridized carbons (Fsp3) is 1.00. The number of ether oxygens (including phenoxy) is 1. The summed E-state index contributed by atoms with van der Waals surface area (Å²) in [7, 11) is 0. The lowest BCUT2D eigenvalue weighted by Gasteiger charge is -2.35. The molecule has 108 valence electrons. The maximum atomic E-state index is 9.76. The zero-order valence-corrected chi connectivity index (χ0v) is 12.5. The summed E-state index contributed by atoms with van der Waals surface area (Å²) in [5.41, 5.74) is -0.208. The molecule has 3 nitrogen and oxygen atoms in total. The minimum Gasteiger partial charge on any atom is -0.394 e. The molecule has 0 amide bonds. The van der Waals surface area contributed by atoms with Gasteiger partial charge in [0.1, 0.15) is 0 Å². The van der Waals surface area contributed by atoms with Crippen LogP contribution in [0.3, 0.4) is 0 Å². The molecule has 2 N–H and O–H groups in total.